The Morgan fingerprint density at radius 1 is 0.750 bits per heavy atom. The molecule has 0 bridgehead atoms. The van der Waals surface area contributed by atoms with Crippen LogP contribution in [0.5, 0.6) is 0 Å². The number of hydrogen-bond acceptors (Lipinski definition) is 1. The topological polar surface area (TPSA) is 29.1 Å². The molecule has 1 fully saturated rings. The number of nitrogens with one attached hydrogen (secondary N) is 1. The first kappa shape index (κ1) is 23.0. The highest BCUT2D eigenvalue weighted by Gasteiger charge is 2.31. The van der Waals surface area contributed by atoms with Gasteiger partial charge in [-0.05, 0) is 61.4 Å². The van der Waals surface area contributed by atoms with E-state index in [4.69, 9.17) is 0 Å². The number of hydrogen-bond donors (Lipinski definition) is 1. The van der Waals surface area contributed by atoms with Crippen molar-refractivity contribution in [2.75, 3.05) is 0 Å². The van der Waals surface area contributed by atoms with E-state index in [1.165, 1.54) is 37.7 Å². The fraction of sp³-hybridized carbons (Fsp3) is 0.379. The summed E-state index contributed by atoms with van der Waals surface area (Å²) in [6.07, 6.45) is 11.0. The van der Waals surface area contributed by atoms with Crippen molar-refractivity contribution in [1.82, 2.24) is 5.09 Å². The zero-order valence-corrected chi connectivity index (χ0v) is 19.9. The molecule has 0 amide bonds. The Kier molecular flexibility index (Phi) is 8.37. The van der Waals surface area contributed by atoms with Gasteiger partial charge in [0.1, 0.15) is 0 Å². The first-order valence-electron chi connectivity index (χ1n) is 12.3. The maximum absolute atomic E-state index is 14.5. The molecule has 168 valence electrons. The van der Waals surface area contributed by atoms with Crippen molar-refractivity contribution in [3.8, 4) is 0 Å². The lowest BCUT2D eigenvalue weighted by Gasteiger charge is -2.29. The molecule has 4 rings (SSSR count). The van der Waals surface area contributed by atoms with Crippen LogP contribution in [0.3, 0.4) is 0 Å². The van der Waals surface area contributed by atoms with Crippen LogP contribution in [0.2, 0.25) is 0 Å². The number of benzene rings is 3. The quantitative estimate of drug-likeness (QED) is 0.258. The van der Waals surface area contributed by atoms with Gasteiger partial charge in [-0.2, -0.15) is 0 Å². The molecular formula is C29H36NOP. The van der Waals surface area contributed by atoms with Crippen LogP contribution < -0.4 is 15.7 Å². The first-order valence-corrected chi connectivity index (χ1v) is 14.0. The van der Waals surface area contributed by atoms with Crippen molar-refractivity contribution in [2.24, 2.45) is 5.92 Å². The van der Waals surface area contributed by atoms with Gasteiger partial charge in [0.15, 0.2) is 0 Å². The lowest BCUT2D eigenvalue weighted by Crippen LogP contribution is -2.36. The van der Waals surface area contributed by atoms with Gasteiger partial charge in [0.05, 0.1) is 0 Å². The number of aryl methyl sites for hydroxylation is 1. The largest absolute Gasteiger partial charge is 0.297 e. The summed E-state index contributed by atoms with van der Waals surface area (Å²) < 4.78 is 14.5. The van der Waals surface area contributed by atoms with Crippen LogP contribution in [0, 0.1) is 5.92 Å². The molecule has 1 aliphatic rings. The van der Waals surface area contributed by atoms with Crippen LogP contribution in [0.25, 0.3) is 0 Å². The third-order valence-corrected chi connectivity index (χ3v) is 9.59. The van der Waals surface area contributed by atoms with Gasteiger partial charge in [0, 0.05) is 16.7 Å². The van der Waals surface area contributed by atoms with Crippen molar-refractivity contribution >= 4 is 17.9 Å². The summed E-state index contributed by atoms with van der Waals surface area (Å²) in [6.45, 7) is 0. The van der Waals surface area contributed by atoms with E-state index < -0.39 is 7.29 Å². The van der Waals surface area contributed by atoms with E-state index in [1.54, 1.807) is 0 Å². The zero-order chi connectivity index (χ0) is 22.1. The third kappa shape index (κ3) is 6.21. The standard InChI is InChI=1S/C29H36NOP/c31-32(28-20-6-2-7-21-28,29-22-8-3-9-23-29)30-27(24-26-17-10-11-18-26)19-13-12-16-25-14-4-1-5-15-25/h1-9,14-15,20-23,26-27H,10-13,16-19,24H2,(H,30,31)/t27-/m0/s1. The first-order chi connectivity index (χ1) is 15.7. The minimum absolute atomic E-state index is 0.278. The summed E-state index contributed by atoms with van der Waals surface area (Å²) in [5.74, 6) is 0.765. The highest BCUT2D eigenvalue weighted by molar-refractivity contribution is 7.76. The van der Waals surface area contributed by atoms with Crippen LogP contribution in [0.4, 0.5) is 0 Å². The average molecular weight is 446 g/mol. The second-order valence-electron chi connectivity index (χ2n) is 9.22. The molecule has 3 aromatic carbocycles. The number of rotatable bonds is 11. The van der Waals surface area contributed by atoms with Crippen LogP contribution in [0.1, 0.15) is 56.9 Å². The molecule has 0 saturated heterocycles. The molecule has 3 aromatic rings. The summed E-state index contributed by atoms with van der Waals surface area (Å²) in [4.78, 5) is 0. The predicted octanol–water partition coefficient (Wildman–Crippen LogP) is 6.87. The van der Waals surface area contributed by atoms with Gasteiger partial charge in [-0.1, -0.05) is 98.8 Å². The van der Waals surface area contributed by atoms with Crippen molar-refractivity contribution in [1.29, 1.82) is 0 Å². The van der Waals surface area contributed by atoms with E-state index in [0.29, 0.717) is 0 Å². The lowest BCUT2D eigenvalue weighted by molar-refractivity contribution is 0.396. The Morgan fingerprint density at radius 3 is 1.84 bits per heavy atom. The van der Waals surface area contributed by atoms with Crippen LogP contribution in [-0.2, 0) is 11.0 Å². The number of unbranched alkanes of at least 4 members (excludes halogenated alkanes) is 1. The van der Waals surface area contributed by atoms with Crippen LogP contribution >= 0.6 is 7.29 Å². The highest BCUT2D eigenvalue weighted by atomic mass is 31.2. The smallest absolute Gasteiger partial charge is 0.204 e. The summed E-state index contributed by atoms with van der Waals surface area (Å²) in [6, 6.07) is 31.1. The Hall–Kier alpha value is -2.15. The van der Waals surface area contributed by atoms with E-state index in [-0.39, 0.29) is 6.04 Å². The molecule has 0 heterocycles. The minimum atomic E-state index is -2.89. The summed E-state index contributed by atoms with van der Waals surface area (Å²) >= 11 is 0. The summed E-state index contributed by atoms with van der Waals surface area (Å²) in [7, 11) is -2.89. The van der Waals surface area contributed by atoms with Crippen molar-refractivity contribution < 1.29 is 4.57 Å². The SMILES string of the molecule is O=P(N[C@@H](CCCCc1ccccc1)CC1CCCC1)(c1ccccc1)c1ccccc1. The van der Waals surface area contributed by atoms with Gasteiger partial charge >= 0.3 is 0 Å². The van der Waals surface area contributed by atoms with E-state index in [0.717, 1.165) is 42.2 Å². The van der Waals surface area contributed by atoms with Crippen LogP contribution in [-0.4, -0.2) is 6.04 Å². The molecule has 2 nitrogen and oxygen atoms in total. The van der Waals surface area contributed by atoms with E-state index >= 15 is 0 Å². The Labute approximate surface area is 193 Å². The van der Waals surface area contributed by atoms with E-state index in [1.807, 2.05) is 60.7 Å². The van der Waals surface area contributed by atoms with Gasteiger partial charge in [-0.15, -0.1) is 0 Å². The molecule has 1 aliphatic carbocycles. The van der Waals surface area contributed by atoms with Gasteiger partial charge < -0.3 is 0 Å². The molecule has 0 spiro atoms. The normalized spacial score (nSPS) is 15.6. The predicted molar refractivity (Wildman–Crippen MR) is 137 cm³/mol. The Balaban J connectivity index is 1.49. The van der Waals surface area contributed by atoms with Gasteiger partial charge in [-0.3, -0.25) is 9.65 Å². The fourth-order valence-corrected chi connectivity index (χ4v) is 7.61. The zero-order valence-electron chi connectivity index (χ0n) is 19.0. The second kappa shape index (κ2) is 11.6. The highest BCUT2D eigenvalue weighted by Crippen LogP contribution is 2.41. The molecule has 0 unspecified atom stereocenters. The molecule has 32 heavy (non-hydrogen) atoms. The molecule has 0 radical (unpaired) electrons. The molecule has 1 N–H and O–H groups in total. The van der Waals surface area contributed by atoms with E-state index in [9.17, 15) is 4.57 Å². The Morgan fingerprint density at radius 2 is 1.28 bits per heavy atom. The fourth-order valence-electron chi connectivity index (χ4n) is 5.08. The molecular weight excluding hydrogens is 409 g/mol. The molecule has 0 aromatic heterocycles. The minimum Gasteiger partial charge on any atom is -0.297 e. The molecule has 1 saturated carbocycles. The van der Waals surface area contributed by atoms with Gasteiger partial charge in [0.25, 0.3) is 0 Å². The average Bonchev–Trinajstić information content (AvgIpc) is 3.36. The van der Waals surface area contributed by atoms with Crippen molar-refractivity contribution in [2.45, 2.75) is 63.8 Å². The molecule has 1 atom stereocenters. The monoisotopic (exact) mass is 445 g/mol. The molecule has 3 heteroatoms. The van der Waals surface area contributed by atoms with Crippen LogP contribution in [0.15, 0.2) is 91.0 Å². The maximum Gasteiger partial charge on any atom is 0.204 e. The molecule has 0 aliphatic heterocycles. The van der Waals surface area contributed by atoms with Crippen molar-refractivity contribution in [3.63, 3.8) is 0 Å². The third-order valence-electron chi connectivity index (χ3n) is 6.81. The second-order valence-corrected chi connectivity index (χ2v) is 11.7. The Bertz CT molecular complexity index is 924. The maximum atomic E-state index is 14.5. The summed E-state index contributed by atoms with van der Waals surface area (Å²) in [5, 5.41) is 5.56. The summed E-state index contributed by atoms with van der Waals surface area (Å²) in [5.41, 5.74) is 1.41. The van der Waals surface area contributed by atoms with E-state index in [2.05, 4.69) is 35.4 Å². The lowest BCUT2D eigenvalue weighted by atomic mass is 9.95. The van der Waals surface area contributed by atoms with Gasteiger partial charge in [0.2, 0.25) is 7.29 Å². The van der Waals surface area contributed by atoms with Crippen molar-refractivity contribution in [3.05, 3.63) is 96.6 Å². The van der Waals surface area contributed by atoms with Gasteiger partial charge in [-0.25, -0.2) is 0 Å².